The molecule has 0 aliphatic rings. The van der Waals surface area contributed by atoms with Gasteiger partial charge in [-0.25, -0.2) is 4.39 Å². The summed E-state index contributed by atoms with van der Waals surface area (Å²) >= 11 is 5.14. The number of hydrogen-bond acceptors (Lipinski definition) is 3. The maximum Gasteiger partial charge on any atom is 0.175 e. The first-order chi connectivity index (χ1) is 10.1. The highest BCUT2D eigenvalue weighted by molar-refractivity contribution is 7.80. The summed E-state index contributed by atoms with van der Waals surface area (Å²) in [5.41, 5.74) is 1.71. The molecule has 0 aromatic heterocycles. The van der Waals surface area contributed by atoms with Crippen molar-refractivity contribution in [2.75, 3.05) is 17.7 Å². The Morgan fingerprint density at radius 2 is 1.90 bits per heavy atom. The van der Waals surface area contributed by atoms with E-state index in [2.05, 4.69) is 10.6 Å². The number of benzene rings is 2. The molecule has 0 aliphatic carbocycles. The molecule has 21 heavy (non-hydrogen) atoms. The molecule has 2 aromatic carbocycles. The molecule has 0 unspecified atom stereocenters. The number of anilines is 2. The van der Waals surface area contributed by atoms with E-state index >= 15 is 0 Å². The minimum atomic E-state index is -0.475. The van der Waals surface area contributed by atoms with Gasteiger partial charge in [-0.3, -0.25) is 0 Å². The van der Waals surface area contributed by atoms with Crippen molar-refractivity contribution in [3.63, 3.8) is 0 Å². The summed E-state index contributed by atoms with van der Waals surface area (Å²) in [6.07, 6.45) is 0. The predicted octanol–water partition coefficient (Wildman–Crippen LogP) is 3.51. The lowest BCUT2D eigenvalue weighted by Crippen LogP contribution is -2.19. The fourth-order valence-electron chi connectivity index (χ4n) is 1.70. The summed E-state index contributed by atoms with van der Waals surface area (Å²) < 4.78 is 18.4. The van der Waals surface area contributed by atoms with Crippen LogP contribution in [0.25, 0.3) is 0 Å². The SMILES string of the molecule is COc1ccc(NC(=S)Nc2cccc(C#N)c2)cc1F. The molecule has 6 heteroatoms. The van der Waals surface area contributed by atoms with Crippen LogP contribution < -0.4 is 15.4 Å². The van der Waals surface area contributed by atoms with Crippen LogP contribution in [0, 0.1) is 17.1 Å². The van der Waals surface area contributed by atoms with Crippen molar-refractivity contribution in [2.45, 2.75) is 0 Å². The van der Waals surface area contributed by atoms with Gasteiger partial charge in [0.25, 0.3) is 0 Å². The van der Waals surface area contributed by atoms with E-state index in [0.717, 1.165) is 0 Å². The van der Waals surface area contributed by atoms with Crippen LogP contribution in [0.4, 0.5) is 15.8 Å². The molecule has 0 amide bonds. The van der Waals surface area contributed by atoms with Crippen molar-refractivity contribution in [3.8, 4) is 11.8 Å². The maximum absolute atomic E-state index is 13.6. The lowest BCUT2D eigenvalue weighted by molar-refractivity contribution is 0.387. The highest BCUT2D eigenvalue weighted by atomic mass is 32.1. The summed E-state index contributed by atoms with van der Waals surface area (Å²) in [4.78, 5) is 0. The van der Waals surface area contributed by atoms with Gasteiger partial charge in [0.1, 0.15) is 0 Å². The van der Waals surface area contributed by atoms with E-state index < -0.39 is 5.82 Å². The fraction of sp³-hybridized carbons (Fsp3) is 0.0667. The molecule has 0 radical (unpaired) electrons. The van der Waals surface area contributed by atoms with Gasteiger partial charge < -0.3 is 15.4 Å². The lowest BCUT2D eigenvalue weighted by Gasteiger charge is -2.11. The predicted molar refractivity (Wildman–Crippen MR) is 84.0 cm³/mol. The van der Waals surface area contributed by atoms with Crippen molar-refractivity contribution >= 4 is 28.7 Å². The van der Waals surface area contributed by atoms with E-state index in [1.807, 2.05) is 6.07 Å². The van der Waals surface area contributed by atoms with Crippen LogP contribution in [-0.2, 0) is 0 Å². The summed E-state index contributed by atoms with van der Waals surface area (Å²) in [6, 6.07) is 13.4. The van der Waals surface area contributed by atoms with Crippen molar-refractivity contribution in [3.05, 3.63) is 53.8 Å². The zero-order valence-corrected chi connectivity index (χ0v) is 12.0. The van der Waals surface area contributed by atoms with Gasteiger partial charge in [0.15, 0.2) is 16.7 Å². The molecule has 0 bridgehead atoms. The first-order valence-electron chi connectivity index (χ1n) is 6.04. The Morgan fingerprint density at radius 3 is 2.52 bits per heavy atom. The molecule has 0 saturated carbocycles. The Kier molecular flexibility index (Phi) is 4.69. The molecule has 0 aliphatic heterocycles. The van der Waals surface area contributed by atoms with Crippen LogP contribution in [0.15, 0.2) is 42.5 Å². The summed E-state index contributed by atoms with van der Waals surface area (Å²) in [7, 11) is 1.40. The third-order valence-electron chi connectivity index (χ3n) is 2.66. The normalized spacial score (nSPS) is 9.57. The molecule has 0 heterocycles. The Morgan fingerprint density at radius 1 is 1.19 bits per heavy atom. The number of rotatable bonds is 3. The second kappa shape index (κ2) is 6.68. The Hall–Kier alpha value is -2.65. The van der Waals surface area contributed by atoms with E-state index in [9.17, 15) is 4.39 Å². The number of nitrogens with zero attached hydrogens (tertiary/aromatic N) is 1. The Labute approximate surface area is 127 Å². The standard InChI is InChI=1S/C15H12FN3OS/c1-20-14-6-5-12(8-13(14)16)19-15(21)18-11-4-2-3-10(7-11)9-17/h2-8H,1H3,(H2,18,19,21). The van der Waals surface area contributed by atoms with Crippen molar-refractivity contribution in [1.82, 2.24) is 0 Å². The third kappa shape index (κ3) is 3.91. The number of thiocarbonyl (C=S) groups is 1. The first kappa shape index (κ1) is 14.8. The van der Waals surface area contributed by atoms with Crippen LogP contribution >= 0.6 is 12.2 Å². The average Bonchev–Trinajstić information content (AvgIpc) is 2.47. The van der Waals surface area contributed by atoms with Crippen LogP contribution in [0.2, 0.25) is 0 Å². The molecule has 4 nitrogen and oxygen atoms in total. The van der Waals surface area contributed by atoms with Gasteiger partial charge in [-0.1, -0.05) is 6.07 Å². The van der Waals surface area contributed by atoms with Gasteiger partial charge in [0.05, 0.1) is 18.7 Å². The number of nitriles is 1. The van der Waals surface area contributed by atoms with Gasteiger partial charge >= 0.3 is 0 Å². The van der Waals surface area contributed by atoms with Crippen LogP contribution in [-0.4, -0.2) is 12.2 Å². The van der Waals surface area contributed by atoms with Gasteiger partial charge in [-0.05, 0) is 42.5 Å². The van der Waals surface area contributed by atoms with Crippen molar-refractivity contribution in [1.29, 1.82) is 5.26 Å². The zero-order valence-electron chi connectivity index (χ0n) is 11.2. The van der Waals surface area contributed by atoms with Gasteiger partial charge in [-0.15, -0.1) is 0 Å². The molecule has 0 atom stereocenters. The second-order valence-electron chi connectivity index (χ2n) is 4.12. The number of hydrogen-bond donors (Lipinski definition) is 2. The van der Waals surface area contributed by atoms with E-state index in [4.69, 9.17) is 22.2 Å². The molecule has 2 aromatic rings. The molecule has 0 spiro atoms. The number of methoxy groups -OCH3 is 1. The van der Waals surface area contributed by atoms with Crippen LogP contribution in [0.3, 0.4) is 0 Å². The quantitative estimate of drug-likeness (QED) is 0.850. The second-order valence-corrected chi connectivity index (χ2v) is 4.53. The maximum atomic E-state index is 13.6. The Balaban J connectivity index is 2.04. The van der Waals surface area contributed by atoms with E-state index in [0.29, 0.717) is 22.1 Å². The van der Waals surface area contributed by atoms with Crippen molar-refractivity contribution < 1.29 is 9.13 Å². The molecule has 2 rings (SSSR count). The molecule has 0 fully saturated rings. The van der Waals surface area contributed by atoms with Crippen LogP contribution in [0.5, 0.6) is 5.75 Å². The monoisotopic (exact) mass is 301 g/mol. The van der Waals surface area contributed by atoms with E-state index in [1.54, 1.807) is 30.3 Å². The molecule has 2 N–H and O–H groups in total. The summed E-state index contributed by atoms with van der Waals surface area (Å²) in [6.45, 7) is 0. The first-order valence-corrected chi connectivity index (χ1v) is 6.45. The van der Waals surface area contributed by atoms with Gasteiger partial charge in [0.2, 0.25) is 0 Å². The topological polar surface area (TPSA) is 57.1 Å². The largest absolute Gasteiger partial charge is 0.494 e. The summed E-state index contributed by atoms with van der Waals surface area (Å²) in [5.74, 6) is -0.307. The highest BCUT2D eigenvalue weighted by Gasteiger charge is 2.05. The van der Waals surface area contributed by atoms with E-state index in [1.165, 1.54) is 19.2 Å². The molecule has 106 valence electrons. The zero-order chi connectivity index (χ0) is 15.2. The smallest absolute Gasteiger partial charge is 0.175 e. The molecule has 0 saturated heterocycles. The minimum Gasteiger partial charge on any atom is -0.494 e. The van der Waals surface area contributed by atoms with Gasteiger partial charge in [-0.2, -0.15) is 5.26 Å². The minimum absolute atomic E-state index is 0.168. The number of halogens is 1. The molecular weight excluding hydrogens is 289 g/mol. The highest BCUT2D eigenvalue weighted by Crippen LogP contribution is 2.20. The average molecular weight is 301 g/mol. The van der Waals surface area contributed by atoms with Gasteiger partial charge in [0, 0.05) is 17.4 Å². The fourth-order valence-corrected chi connectivity index (χ4v) is 1.94. The lowest BCUT2D eigenvalue weighted by atomic mass is 10.2. The molecular formula is C15H12FN3OS. The summed E-state index contributed by atoms with van der Waals surface area (Å²) in [5, 5.41) is 14.9. The number of ether oxygens (including phenoxy) is 1. The van der Waals surface area contributed by atoms with Crippen molar-refractivity contribution in [2.24, 2.45) is 0 Å². The third-order valence-corrected chi connectivity index (χ3v) is 2.86. The Bertz CT molecular complexity index is 712. The van der Waals surface area contributed by atoms with E-state index in [-0.39, 0.29) is 5.75 Å². The number of nitrogens with one attached hydrogen (secondary N) is 2. The van der Waals surface area contributed by atoms with Crippen LogP contribution in [0.1, 0.15) is 5.56 Å².